The first-order valence-corrected chi connectivity index (χ1v) is 9.86. The number of nitrogens with zero attached hydrogens (tertiary/aromatic N) is 1. The van der Waals surface area contributed by atoms with Gasteiger partial charge in [-0.3, -0.25) is 4.79 Å². The van der Waals surface area contributed by atoms with E-state index in [1.54, 1.807) is 37.3 Å². The van der Waals surface area contributed by atoms with Gasteiger partial charge in [0.05, 0.1) is 13.2 Å². The molecule has 4 rings (SSSR count). The van der Waals surface area contributed by atoms with Gasteiger partial charge in [0, 0.05) is 18.5 Å². The number of hydrogen-bond acceptors (Lipinski definition) is 5. The summed E-state index contributed by atoms with van der Waals surface area (Å²) in [5.74, 6) is -0.346. The van der Waals surface area contributed by atoms with Gasteiger partial charge in [-0.2, -0.15) is 0 Å². The number of carbonyl (C=O) groups is 1. The summed E-state index contributed by atoms with van der Waals surface area (Å²) in [7, 11) is 1.53. The van der Waals surface area contributed by atoms with Crippen molar-refractivity contribution in [2.24, 2.45) is 4.99 Å². The molecule has 1 atom stereocenters. The lowest BCUT2D eigenvalue weighted by atomic mass is 10.1. The summed E-state index contributed by atoms with van der Waals surface area (Å²) in [4.78, 5) is 17.3. The second-order valence-corrected chi connectivity index (χ2v) is 7.26. The Morgan fingerprint density at radius 1 is 1.30 bits per heavy atom. The predicted octanol–water partition coefficient (Wildman–Crippen LogP) is 4.03. The number of carbonyl (C=O) groups excluding carboxylic acids is 1. The van der Waals surface area contributed by atoms with Gasteiger partial charge < -0.3 is 19.2 Å². The van der Waals surface area contributed by atoms with Crippen molar-refractivity contribution in [3.63, 3.8) is 0 Å². The second kappa shape index (κ2) is 8.67. The van der Waals surface area contributed by atoms with Crippen LogP contribution in [0.25, 0.3) is 11.0 Å². The highest BCUT2D eigenvalue weighted by Gasteiger charge is 2.19. The van der Waals surface area contributed by atoms with Crippen LogP contribution in [-0.2, 0) is 4.74 Å². The van der Waals surface area contributed by atoms with Crippen LogP contribution in [0.4, 0.5) is 10.1 Å². The minimum atomic E-state index is -0.490. The number of ether oxygens (including phenoxy) is 2. The largest absolute Gasteiger partial charge is 0.493 e. The third-order valence-electron chi connectivity index (χ3n) is 5.04. The zero-order valence-electron chi connectivity index (χ0n) is 16.9. The van der Waals surface area contributed by atoms with Gasteiger partial charge in [-0.15, -0.1) is 0 Å². The highest BCUT2D eigenvalue weighted by Crippen LogP contribution is 2.25. The SMILES string of the molecule is COc1cccc2cc(C(=O)NC[C@@H]3CCCO3)c(=Nc3ccc(C)cc3F)oc12. The second-order valence-electron chi connectivity index (χ2n) is 7.26. The molecule has 0 spiro atoms. The van der Waals surface area contributed by atoms with Crippen LogP contribution >= 0.6 is 0 Å². The van der Waals surface area contributed by atoms with Crippen LogP contribution in [0.2, 0.25) is 0 Å². The number of benzene rings is 2. The lowest BCUT2D eigenvalue weighted by molar-refractivity contribution is 0.0854. The predicted molar refractivity (Wildman–Crippen MR) is 110 cm³/mol. The lowest BCUT2D eigenvalue weighted by Gasteiger charge is -2.12. The summed E-state index contributed by atoms with van der Waals surface area (Å²) in [5, 5.41) is 3.56. The van der Waals surface area contributed by atoms with E-state index in [2.05, 4.69) is 10.3 Å². The average Bonchev–Trinajstić information content (AvgIpc) is 3.26. The third kappa shape index (κ3) is 4.21. The van der Waals surface area contributed by atoms with Gasteiger partial charge in [0.15, 0.2) is 11.3 Å². The smallest absolute Gasteiger partial charge is 0.256 e. The Balaban J connectivity index is 1.81. The topological polar surface area (TPSA) is 73.1 Å². The van der Waals surface area contributed by atoms with E-state index >= 15 is 0 Å². The average molecular weight is 410 g/mol. The Bertz CT molecular complexity index is 1150. The van der Waals surface area contributed by atoms with Gasteiger partial charge in [-0.25, -0.2) is 9.38 Å². The first kappa shape index (κ1) is 20.1. The molecule has 0 aliphatic carbocycles. The summed E-state index contributed by atoms with van der Waals surface area (Å²) in [6.07, 6.45) is 1.89. The Labute approximate surface area is 173 Å². The van der Waals surface area contributed by atoms with E-state index < -0.39 is 5.82 Å². The maximum absolute atomic E-state index is 14.4. The van der Waals surface area contributed by atoms with Crippen molar-refractivity contribution < 1.29 is 23.1 Å². The zero-order chi connectivity index (χ0) is 21.1. The molecule has 30 heavy (non-hydrogen) atoms. The van der Waals surface area contributed by atoms with Crippen LogP contribution < -0.4 is 15.6 Å². The van der Waals surface area contributed by atoms with Crippen LogP contribution in [0.15, 0.2) is 51.9 Å². The number of nitrogens with one attached hydrogen (secondary N) is 1. The highest BCUT2D eigenvalue weighted by molar-refractivity contribution is 5.97. The van der Waals surface area contributed by atoms with Gasteiger partial charge >= 0.3 is 0 Å². The molecule has 1 fully saturated rings. The lowest BCUT2D eigenvalue weighted by Crippen LogP contribution is -2.34. The summed E-state index contributed by atoms with van der Waals surface area (Å²) < 4.78 is 31.3. The maximum atomic E-state index is 14.4. The van der Waals surface area contributed by atoms with Crippen LogP contribution in [0.3, 0.4) is 0 Å². The van der Waals surface area contributed by atoms with E-state index in [4.69, 9.17) is 13.9 Å². The maximum Gasteiger partial charge on any atom is 0.256 e. The van der Waals surface area contributed by atoms with E-state index in [0.29, 0.717) is 29.9 Å². The van der Waals surface area contributed by atoms with E-state index in [9.17, 15) is 9.18 Å². The van der Waals surface area contributed by atoms with Crippen molar-refractivity contribution in [3.8, 4) is 5.75 Å². The van der Waals surface area contributed by atoms with Crippen LogP contribution in [0, 0.1) is 12.7 Å². The molecule has 6 nitrogen and oxygen atoms in total. The summed E-state index contributed by atoms with van der Waals surface area (Å²) >= 11 is 0. The van der Waals surface area contributed by atoms with E-state index in [1.165, 1.54) is 13.2 Å². The monoisotopic (exact) mass is 410 g/mol. The van der Waals surface area contributed by atoms with Crippen molar-refractivity contribution in [2.75, 3.05) is 20.3 Å². The standard InChI is InChI=1S/C23H23FN2O4/c1-14-8-9-19(18(24)11-14)26-23-17(22(27)25-13-16-6-4-10-29-16)12-15-5-3-7-20(28-2)21(15)30-23/h3,5,7-9,11-12,16H,4,6,10,13H2,1-2H3,(H,25,27)/t16-/m0/s1. The Hall–Kier alpha value is -3.19. The molecule has 2 aromatic carbocycles. The van der Waals surface area contributed by atoms with Crippen LogP contribution in [0.1, 0.15) is 28.8 Å². The molecule has 0 radical (unpaired) electrons. The van der Waals surface area contributed by atoms with Gasteiger partial charge in [-0.05, 0) is 49.6 Å². The number of methoxy groups -OCH3 is 1. The molecule has 0 saturated carbocycles. The fourth-order valence-corrected chi connectivity index (χ4v) is 3.45. The number of rotatable bonds is 5. The van der Waals surface area contributed by atoms with Gasteiger partial charge in [0.25, 0.3) is 5.91 Å². The summed E-state index contributed by atoms with van der Waals surface area (Å²) in [5.41, 5.74) is 1.53. The van der Waals surface area contributed by atoms with Crippen molar-refractivity contribution in [1.82, 2.24) is 5.32 Å². The Morgan fingerprint density at radius 2 is 2.17 bits per heavy atom. The van der Waals surface area contributed by atoms with Crippen molar-refractivity contribution in [3.05, 3.63) is 65.0 Å². The molecule has 156 valence electrons. The quantitative estimate of drug-likeness (QED) is 0.689. The molecule has 1 N–H and O–H groups in total. The number of para-hydroxylation sites is 1. The molecule has 1 saturated heterocycles. The molecule has 1 amide bonds. The normalized spacial score (nSPS) is 16.8. The first-order chi connectivity index (χ1) is 14.5. The molecule has 0 unspecified atom stereocenters. The highest BCUT2D eigenvalue weighted by atomic mass is 19.1. The molecular weight excluding hydrogens is 387 g/mol. The van der Waals surface area contributed by atoms with Crippen molar-refractivity contribution in [2.45, 2.75) is 25.9 Å². The molecule has 2 heterocycles. The first-order valence-electron chi connectivity index (χ1n) is 9.86. The van der Waals surface area contributed by atoms with E-state index in [1.807, 2.05) is 6.07 Å². The van der Waals surface area contributed by atoms with Crippen LogP contribution in [0.5, 0.6) is 5.75 Å². The summed E-state index contributed by atoms with van der Waals surface area (Å²) in [6.45, 7) is 2.90. The number of halogens is 1. The Kier molecular flexibility index (Phi) is 5.81. The number of aryl methyl sites for hydroxylation is 1. The van der Waals surface area contributed by atoms with Crippen molar-refractivity contribution >= 4 is 22.6 Å². The molecule has 3 aromatic rings. The molecular formula is C23H23FN2O4. The fourth-order valence-electron chi connectivity index (χ4n) is 3.45. The Morgan fingerprint density at radius 3 is 2.90 bits per heavy atom. The molecule has 1 aromatic heterocycles. The molecule has 1 aliphatic rings. The summed E-state index contributed by atoms with van der Waals surface area (Å²) in [6, 6.07) is 11.7. The van der Waals surface area contributed by atoms with Crippen LogP contribution in [-0.4, -0.2) is 32.3 Å². The minimum Gasteiger partial charge on any atom is -0.493 e. The number of fused-ring (bicyclic) bond motifs is 1. The fraction of sp³-hybridized carbons (Fsp3) is 0.304. The van der Waals surface area contributed by atoms with E-state index in [0.717, 1.165) is 18.4 Å². The molecule has 1 aliphatic heterocycles. The van der Waals surface area contributed by atoms with Gasteiger partial charge in [0.2, 0.25) is 5.55 Å². The third-order valence-corrected chi connectivity index (χ3v) is 5.04. The van der Waals surface area contributed by atoms with E-state index in [-0.39, 0.29) is 28.8 Å². The number of hydrogen-bond donors (Lipinski definition) is 1. The zero-order valence-corrected chi connectivity index (χ0v) is 16.9. The van der Waals surface area contributed by atoms with Gasteiger partial charge in [-0.1, -0.05) is 18.2 Å². The van der Waals surface area contributed by atoms with Gasteiger partial charge in [0.1, 0.15) is 17.1 Å². The molecule has 0 bridgehead atoms. The minimum absolute atomic E-state index is 0.00127. The van der Waals surface area contributed by atoms with Crippen molar-refractivity contribution in [1.29, 1.82) is 0 Å². The molecule has 7 heteroatoms. The number of amides is 1.